The topological polar surface area (TPSA) is 20.2 Å². The number of allylic oxidation sites excluding steroid dienone is 2. The van der Waals surface area contributed by atoms with Crippen molar-refractivity contribution in [3.63, 3.8) is 0 Å². The first-order valence-electron chi connectivity index (χ1n) is 8.89. The molecule has 20 heavy (non-hydrogen) atoms. The molecule has 7 atom stereocenters. The highest BCUT2D eigenvalue weighted by molar-refractivity contribution is 5.16. The van der Waals surface area contributed by atoms with Crippen LogP contribution in [0.1, 0.15) is 65.2 Å². The maximum Gasteiger partial charge on any atom is 0.0543 e. The SMILES string of the molecule is C[C@]12CC[C@H](O)C[C@H]1CC[C@@H]1[C@H]2CC[C@]2(C)C=CC[C@H]12. The predicted molar refractivity (Wildman–Crippen MR) is 82.3 cm³/mol. The molecule has 0 saturated heterocycles. The first kappa shape index (κ1) is 13.4. The van der Waals surface area contributed by atoms with Crippen molar-refractivity contribution >= 4 is 0 Å². The summed E-state index contributed by atoms with van der Waals surface area (Å²) in [6.07, 6.45) is 15.4. The lowest BCUT2D eigenvalue weighted by molar-refractivity contribution is -0.116. The van der Waals surface area contributed by atoms with Crippen molar-refractivity contribution in [1.82, 2.24) is 0 Å². The molecule has 0 aromatic heterocycles. The molecule has 0 amide bonds. The van der Waals surface area contributed by atoms with E-state index in [0.717, 1.165) is 36.5 Å². The van der Waals surface area contributed by atoms with Crippen molar-refractivity contribution in [3.8, 4) is 0 Å². The van der Waals surface area contributed by atoms with Crippen LogP contribution in [0.4, 0.5) is 0 Å². The summed E-state index contributed by atoms with van der Waals surface area (Å²) in [7, 11) is 0. The molecule has 0 aromatic carbocycles. The van der Waals surface area contributed by atoms with Gasteiger partial charge in [0, 0.05) is 0 Å². The number of fused-ring (bicyclic) bond motifs is 5. The Morgan fingerprint density at radius 1 is 1.00 bits per heavy atom. The Kier molecular flexibility index (Phi) is 2.91. The molecule has 3 saturated carbocycles. The van der Waals surface area contributed by atoms with Gasteiger partial charge in [0.2, 0.25) is 0 Å². The second kappa shape index (κ2) is 4.35. The van der Waals surface area contributed by atoms with Crippen LogP contribution in [0.2, 0.25) is 0 Å². The lowest BCUT2D eigenvalue weighted by atomic mass is 9.45. The van der Waals surface area contributed by atoms with E-state index in [4.69, 9.17) is 0 Å². The number of aliphatic hydroxyl groups is 1. The highest BCUT2D eigenvalue weighted by Crippen LogP contribution is 2.64. The molecule has 0 unspecified atom stereocenters. The van der Waals surface area contributed by atoms with Crippen molar-refractivity contribution < 1.29 is 5.11 Å². The van der Waals surface area contributed by atoms with Crippen LogP contribution in [-0.4, -0.2) is 11.2 Å². The molecule has 0 aliphatic heterocycles. The van der Waals surface area contributed by atoms with Crippen molar-refractivity contribution in [1.29, 1.82) is 0 Å². The van der Waals surface area contributed by atoms with Crippen LogP contribution in [0, 0.1) is 34.5 Å². The monoisotopic (exact) mass is 274 g/mol. The van der Waals surface area contributed by atoms with E-state index in [-0.39, 0.29) is 6.10 Å². The molecule has 3 fully saturated rings. The van der Waals surface area contributed by atoms with E-state index < -0.39 is 0 Å². The predicted octanol–water partition coefficient (Wildman–Crippen LogP) is 4.56. The van der Waals surface area contributed by atoms with Gasteiger partial charge < -0.3 is 5.11 Å². The molecule has 0 aromatic rings. The van der Waals surface area contributed by atoms with Gasteiger partial charge in [-0.15, -0.1) is 0 Å². The minimum atomic E-state index is -0.00775. The van der Waals surface area contributed by atoms with Crippen LogP contribution < -0.4 is 0 Å². The van der Waals surface area contributed by atoms with Gasteiger partial charge in [-0.3, -0.25) is 0 Å². The number of rotatable bonds is 0. The Morgan fingerprint density at radius 3 is 2.70 bits per heavy atom. The van der Waals surface area contributed by atoms with Gasteiger partial charge in [-0.2, -0.15) is 0 Å². The average Bonchev–Trinajstić information content (AvgIpc) is 2.81. The fourth-order valence-corrected chi connectivity index (χ4v) is 6.72. The highest BCUT2D eigenvalue weighted by atomic mass is 16.3. The Bertz CT molecular complexity index is 427. The molecule has 1 nitrogen and oxygen atoms in total. The number of aliphatic hydroxyl groups excluding tert-OH is 1. The minimum absolute atomic E-state index is 0.00775. The summed E-state index contributed by atoms with van der Waals surface area (Å²) in [5.41, 5.74) is 1.05. The van der Waals surface area contributed by atoms with Gasteiger partial charge in [-0.1, -0.05) is 26.0 Å². The molecule has 4 rings (SSSR count). The summed E-state index contributed by atoms with van der Waals surface area (Å²) in [6.45, 7) is 5.09. The normalized spacial score (nSPS) is 57.9. The van der Waals surface area contributed by atoms with Gasteiger partial charge in [0.1, 0.15) is 0 Å². The number of hydrogen-bond acceptors (Lipinski definition) is 1. The van der Waals surface area contributed by atoms with Crippen molar-refractivity contribution in [2.24, 2.45) is 34.5 Å². The molecule has 0 radical (unpaired) electrons. The first-order chi connectivity index (χ1) is 9.53. The van der Waals surface area contributed by atoms with E-state index in [1.54, 1.807) is 0 Å². The van der Waals surface area contributed by atoms with Gasteiger partial charge >= 0.3 is 0 Å². The number of hydrogen-bond donors (Lipinski definition) is 1. The van der Waals surface area contributed by atoms with Crippen LogP contribution in [0.5, 0.6) is 0 Å². The lowest BCUT2D eigenvalue weighted by Crippen LogP contribution is -2.53. The summed E-state index contributed by atoms with van der Waals surface area (Å²) in [4.78, 5) is 0. The third-order valence-electron chi connectivity index (χ3n) is 7.96. The Morgan fingerprint density at radius 2 is 1.85 bits per heavy atom. The molecule has 0 heterocycles. The maximum absolute atomic E-state index is 10.0. The Balaban J connectivity index is 1.63. The molecule has 4 aliphatic rings. The summed E-state index contributed by atoms with van der Waals surface area (Å²) in [6, 6.07) is 0. The molecule has 1 N–H and O–H groups in total. The van der Waals surface area contributed by atoms with Gasteiger partial charge in [0.25, 0.3) is 0 Å². The highest BCUT2D eigenvalue weighted by Gasteiger charge is 2.56. The molecule has 0 spiro atoms. The van der Waals surface area contributed by atoms with Gasteiger partial charge in [-0.05, 0) is 85.9 Å². The average molecular weight is 274 g/mol. The zero-order chi connectivity index (χ0) is 14.0. The van der Waals surface area contributed by atoms with Crippen LogP contribution in [-0.2, 0) is 0 Å². The van der Waals surface area contributed by atoms with Crippen LogP contribution in [0.15, 0.2) is 12.2 Å². The second-order valence-corrected chi connectivity index (χ2v) is 8.77. The smallest absolute Gasteiger partial charge is 0.0543 e. The van der Waals surface area contributed by atoms with Gasteiger partial charge in [0.05, 0.1) is 6.10 Å². The molecular weight excluding hydrogens is 244 g/mol. The summed E-state index contributed by atoms with van der Waals surface area (Å²) in [5.74, 6) is 3.61. The summed E-state index contributed by atoms with van der Waals surface area (Å²) in [5, 5.41) is 10.0. The fourth-order valence-electron chi connectivity index (χ4n) is 6.72. The molecule has 0 bridgehead atoms. The lowest BCUT2D eigenvalue weighted by Gasteiger charge is -2.60. The van der Waals surface area contributed by atoms with Crippen molar-refractivity contribution in [2.45, 2.75) is 71.3 Å². The molecule has 4 aliphatic carbocycles. The van der Waals surface area contributed by atoms with Gasteiger partial charge in [-0.25, -0.2) is 0 Å². The molecular formula is C19H30O. The fraction of sp³-hybridized carbons (Fsp3) is 0.895. The van der Waals surface area contributed by atoms with Gasteiger partial charge in [0.15, 0.2) is 0 Å². The molecule has 112 valence electrons. The zero-order valence-electron chi connectivity index (χ0n) is 13.1. The van der Waals surface area contributed by atoms with E-state index in [9.17, 15) is 5.11 Å². The largest absolute Gasteiger partial charge is 0.393 e. The van der Waals surface area contributed by atoms with E-state index >= 15 is 0 Å². The van der Waals surface area contributed by atoms with E-state index in [1.807, 2.05) is 0 Å². The standard InChI is InChI=1S/C19H30O/c1-18-9-3-4-16(18)15-6-5-13-12-14(20)7-11-19(13,2)17(15)8-10-18/h3,9,13-17,20H,4-8,10-12H2,1-2H3/t13-,14+,15+,16-,17-,18+,19+/m1/s1. The molecule has 1 heteroatoms. The Labute approximate surface area is 123 Å². The van der Waals surface area contributed by atoms with E-state index in [1.165, 1.54) is 38.5 Å². The Hall–Kier alpha value is -0.300. The first-order valence-corrected chi connectivity index (χ1v) is 8.89. The van der Waals surface area contributed by atoms with E-state index in [0.29, 0.717) is 10.8 Å². The van der Waals surface area contributed by atoms with Crippen LogP contribution in [0.25, 0.3) is 0 Å². The third kappa shape index (κ3) is 1.71. The maximum atomic E-state index is 10.0. The quantitative estimate of drug-likeness (QED) is 0.642. The minimum Gasteiger partial charge on any atom is -0.393 e. The van der Waals surface area contributed by atoms with Crippen LogP contribution >= 0.6 is 0 Å². The van der Waals surface area contributed by atoms with Crippen LogP contribution in [0.3, 0.4) is 0 Å². The zero-order valence-corrected chi connectivity index (χ0v) is 13.1. The second-order valence-electron chi connectivity index (χ2n) is 8.77. The summed E-state index contributed by atoms with van der Waals surface area (Å²) >= 11 is 0. The third-order valence-corrected chi connectivity index (χ3v) is 7.96. The van der Waals surface area contributed by atoms with Crippen molar-refractivity contribution in [2.75, 3.05) is 0 Å². The van der Waals surface area contributed by atoms with E-state index in [2.05, 4.69) is 26.0 Å². The summed E-state index contributed by atoms with van der Waals surface area (Å²) < 4.78 is 0. The van der Waals surface area contributed by atoms with Crippen molar-refractivity contribution in [3.05, 3.63) is 12.2 Å².